The van der Waals surface area contributed by atoms with Gasteiger partial charge in [-0.05, 0) is 36.4 Å². The number of morpholine rings is 1. The maximum Gasteiger partial charge on any atom is 0.323 e. The van der Waals surface area contributed by atoms with Gasteiger partial charge in [0.25, 0.3) is 0 Å². The Morgan fingerprint density at radius 3 is 2.29 bits per heavy atom. The van der Waals surface area contributed by atoms with Gasteiger partial charge in [-0.1, -0.05) is 34.8 Å². The number of sulfonamides is 1. The zero-order valence-corrected chi connectivity index (χ0v) is 17.5. The van der Waals surface area contributed by atoms with E-state index in [4.69, 9.17) is 39.5 Å². The molecule has 11 heteroatoms. The standard InChI is InChI=1S/C17H16Cl3N3O4S/c18-11-1-4-15(14(20)9-11)21-17(24)22-16-10-12(2-3-13(16)19)28(25,26)23-5-7-27-8-6-23/h1-4,9-10H,5-8H2,(H2,21,22,24). The lowest BCUT2D eigenvalue weighted by molar-refractivity contribution is 0.0730. The molecular weight excluding hydrogens is 449 g/mol. The van der Waals surface area contributed by atoms with Crippen LogP contribution in [-0.4, -0.2) is 45.1 Å². The van der Waals surface area contributed by atoms with Crippen molar-refractivity contribution in [3.05, 3.63) is 51.5 Å². The first kappa shape index (κ1) is 21.2. The number of nitrogens with zero attached hydrogens (tertiary/aromatic N) is 1. The van der Waals surface area contributed by atoms with Crippen LogP contribution in [0.5, 0.6) is 0 Å². The molecule has 1 saturated heterocycles. The van der Waals surface area contributed by atoms with Gasteiger partial charge in [-0.3, -0.25) is 0 Å². The van der Waals surface area contributed by atoms with E-state index in [1.54, 1.807) is 12.1 Å². The van der Waals surface area contributed by atoms with Crippen molar-refractivity contribution in [2.45, 2.75) is 4.90 Å². The Hall–Kier alpha value is -1.55. The largest absolute Gasteiger partial charge is 0.379 e. The fourth-order valence-electron chi connectivity index (χ4n) is 2.56. The molecule has 1 fully saturated rings. The van der Waals surface area contributed by atoms with Crippen molar-refractivity contribution in [1.29, 1.82) is 0 Å². The number of halogens is 3. The van der Waals surface area contributed by atoms with Gasteiger partial charge in [-0.15, -0.1) is 0 Å². The molecule has 2 aromatic rings. The third-order valence-corrected chi connectivity index (χ3v) is 6.75. The zero-order valence-electron chi connectivity index (χ0n) is 14.4. The average molecular weight is 465 g/mol. The number of anilines is 2. The molecule has 7 nitrogen and oxygen atoms in total. The van der Waals surface area contributed by atoms with E-state index >= 15 is 0 Å². The zero-order chi connectivity index (χ0) is 20.3. The predicted octanol–water partition coefficient (Wildman–Crippen LogP) is 4.31. The molecule has 28 heavy (non-hydrogen) atoms. The summed E-state index contributed by atoms with van der Waals surface area (Å²) >= 11 is 18.0. The van der Waals surface area contributed by atoms with Gasteiger partial charge in [0.15, 0.2) is 0 Å². The average Bonchev–Trinajstić information content (AvgIpc) is 2.66. The summed E-state index contributed by atoms with van der Waals surface area (Å²) in [5.74, 6) is 0. The third-order valence-electron chi connectivity index (χ3n) is 3.97. The van der Waals surface area contributed by atoms with E-state index in [9.17, 15) is 13.2 Å². The summed E-state index contributed by atoms with van der Waals surface area (Å²) in [6.45, 7) is 1.21. The Morgan fingerprint density at radius 1 is 0.929 bits per heavy atom. The lowest BCUT2D eigenvalue weighted by Gasteiger charge is -2.26. The van der Waals surface area contributed by atoms with Crippen LogP contribution in [-0.2, 0) is 14.8 Å². The second kappa shape index (κ2) is 8.86. The lowest BCUT2D eigenvalue weighted by atomic mass is 10.3. The second-order valence-electron chi connectivity index (χ2n) is 5.86. The first-order chi connectivity index (χ1) is 13.3. The summed E-state index contributed by atoms with van der Waals surface area (Å²) in [5.41, 5.74) is 0.496. The normalized spacial score (nSPS) is 15.2. The number of benzene rings is 2. The molecule has 1 aliphatic rings. The van der Waals surface area contributed by atoms with Crippen LogP contribution < -0.4 is 10.6 Å². The van der Waals surface area contributed by atoms with Crippen molar-refractivity contribution < 1.29 is 17.9 Å². The fourth-order valence-corrected chi connectivity index (χ4v) is 4.62. The Morgan fingerprint density at radius 2 is 1.61 bits per heavy atom. The molecule has 1 heterocycles. The van der Waals surface area contributed by atoms with Crippen LogP contribution >= 0.6 is 34.8 Å². The van der Waals surface area contributed by atoms with Gasteiger partial charge < -0.3 is 15.4 Å². The van der Waals surface area contributed by atoms with E-state index in [2.05, 4.69) is 10.6 Å². The first-order valence-electron chi connectivity index (χ1n) is 8.18. The molecule has 0 aliphatic carbocycles. The van der Waals surface area contributed by atoms with Crippen LogP contribution in [0.15, 0.2) is 41.3 Å². The van der Waals surface area contributed by atoms with Gasteiger partial charge >= 0.3 is 6.03 Å². The molecule has 2 N–H and O–H groups in total. The van der Waals surface area contributed by atoms with E-state index in [-0.39, 0.29) is 33.7 Å². The highest BCUT2D eigenvalue weighted by atomic mass is 35.5. The summed E-state index contributed by atoms with van der Waals surface area (Å²) in [4.78, 5) is 12.3. The van der Waals surface area contributed by atoms with Crippen molar-refractivity contribution in [3.8, 4) is 0 Å². The number of rotatable bonds is 4. The maximum atomic E-state index is 12.8. The molecule has 0 spiro atoms. The summed E-state index contributed by atoms with van der Waals surface area (Å²) in [6.07, 6.45) is 0. The molecule has 0 saturated carbocycles. The molecule has 0 unspecified atom stereocenters. The number of ether oxygens (including phenoxy) is 1. The molecule has 2 aromatic carbocycles. The topological polar surface area (TPSA) is 87.7 Å². The van der Waals surface area contributed by atoms with Gasteiger partial charge in [0.2, 0.25) is 10.0 Å². The van der Waals surface area contributed by atoms with Gasteiger partial charge in [-0.2, -0.15) is 4.31 Å². The maximum absolute atomic E-state index is 12.8. The van der Waals surface area contributed by atoms with Gasteiger partial charge in [0.1, 0.15) is 0 Å². The van der Waals surface area contributed by atoms with Crippen molar-refractivity contribution in [1.82, 2.24) is 4.31 Å². The summed E-state index contributed by atoms with van der Waals surface area (Å²) in [7, 11) is -3.72. The third kappa shape index (κ3) is 4.89. The second-order valence-corrected chi connectivity index (χ2v) is 9.05. The SMILES string of the molecule is O=C(Nc1ccc(Cl)cc1Cl)Nc1cc(S(=O)(=O)N2CCOCC2)ccc1Cl. The number of hydrogen-bond donors (Lipinski definition) is 2. The highest BCUT2D eigenvalue weighted by Crippen LogP contribution is 2.29. The fraction of sp³-hybridized carbons (Fsp3) is 0.235. The van der Waals surface area contributed by atoms with Gasteiger partial charge in [0.05, 0.1) is 39.5 Å². The number of nitrogens with one attached hydrogen (secondary N) is 2. The first-order valence-corrected chi connectivity index (χ1v) is 10.8. The monoisotopic (exact) mass is 463 g/mol. The lowest BCUT2D eigenvalue weighted by Crippen LogP contribution is -2.40. The predicted molar refractivity (Wildman–Crippen MR) is 110 cm³/mol. The van der Waals surface area contributed by atoms with E-state index in [1.165, 1.54) is 28.6 Å². The number of hydrogen-bond acceptors (Lipinski definition) is 4. The number of carbonyl (C=O) groups is 1. The summed E-state index contributed by atoms with van der Waals surface area (Å²) < 4.78 is 32.1. The molecule has 0 atom stereocenters. The minimum absolute atomic E-state index is 0.0265. The van der Waals surface area contributed by atoms with E-state index < -0.39 is 16.1 Å². The van der Waals surface area contributed by atoms with Gasteiger partial charge in [-0.25, -0.2) is 13.2 Å². The van der Waals surface area contributed by atoms with Crippen LogP contribution in [0.2, 0.25) is 15.1 Å². The smallest absolute Gasteiger partial charge is 0.323 e. The summed E-state index contributed by atoms with van der Waals surface area (Å²) in [5, 5.41) is 5.98. The van der Waals surface area contributed by atoms with Crippen molar-refractivity contribution >= 4 is 62.2 Å². The van der Waals surface area contributed by atoms with Crippen molar-refractivity contribution in [2.24, 2.45) is 0 Å². The molecule has 2 amide bonds. The van der Waals surface area contributed by atoms with E-state index in [0.29, 0.717) is 23.9 Å². The molecule has 0 bridgehead atoms. The Bertz CT molecular complexity index is 995. The van der Waals surface area contributed by atoms with Crippen molar-refractivity contribution in [3.63, 3.8) is 0 Å². The molecule has 3 rings (SSSR count). The molecular formula is C17H16Cl3N3O4S. The summed E-state index contributed by atoms with van der Waals surface area (Å²) in [6, 6.07) is 8.10. The quantitative estimate of drug-likeness (QED) is 0.706. The minimum Gasteiger partial charge on any atom is -0.379 e. The van der Waals surface area contributed by atoms with E-state index in [0.717, 1.165) is 0 Å². The number of urea groups is 1. The Labute approximate surface area is 177 Å². The molecule has 150 valence electrons. The van der Waals surface area contributed by atoms with Gasteiger partial charge in [0, 0.05) is 18.1 Å². The molecule has 1 aliphatic heterocycles. The van der Waals surface area contributed by atoms with Crippen LogP contribution in [0.4, 0.5) is 16.2 Å². The number of amides is 2. The Balaban J connectivity index is 1.78. The van der Waals surface area contributed by atoms with Crippen LogP contribution in [0.1, 0.15) is 0 Å². The molecule has 0 aromatic heterocycles. The van der Waals surface area contributed by atoms with E-state index in [1.807, 2.05) is 0 Å². The number of carbonyl (C=O) groups excluding carboxylic acids is 1. The molecule has 0 radical (unpaired) electrons. The van der Waals surface area contributed by atoms with Crippen molar-refractivity contribution in [2.75, 3.05) is 36.9 Å². The highest BCUT2D eigenvalue weighted by molar-refractivity contribution is 7.89. The highest BCUT2D eigenvalue weighted by Gasteiger charge is 2.27. The van der Waals surface area contributed by atoms with Crippen LogP contribution in [0.25, 0.3) is 0 Å². The van der Waals surface area contributed by atoms with Crippen LogP contribution in [0, 0.1) is 0 Å². The minimum atomic E-state index is -3.72. The van der Waals surface area contributed by atoms with Crippen LogP contribution in [0.3, 0.4) is 0 Å². The Kier molecular flexibility index (Phi) is 6.69.